The Hall–Kier alpha value is -1.97. The zero-order valence-electron chi connectivity index (χ0n) is 10.3. The number of hydrogen-bond acceptors (Lipinski definition) is 3. The Morgan fingerprint density at radius 1 is 1.41 bits per heavy atom. The maximum absolute atomic E-state index is 12.3. The van der Waals surface area contributed by atoms with Gasteiger partial charge in [-0.15, -0.1) is 0 Å². The number of aromatic nitrogens is 2. The van der Waals surface area contributed by atoms with Gasteiger partial charge in [-0.2, -0.15) is 0 Å². The van der Waals surface area contributed by atoms with E-state index < -0.39 is 0 Å². The van der Waals surface area contributed by atoms with Gasteiger partial charge in [-0.05, 0) is 45.2 Å². The second kappa shape index (κ2) is 4.13. The van der Waals surface area contributed by atoms with Crippen LogP contribution in [0, 0.1) is 6.92 Å². The summed E-state index contributed by atoms with van der Waals surface area (Å²) in [5.41, 5.74) is 2.26. The normalized spacial score (nSPS) is 11.1. The molecule has 0 N–H and O–H groups in total. The Balaban J connectivity index is 2.92. The minimum absolute atomic E-state index is 0.0204. The molecule has 0 aliphatic heterocycles. The van der Waals surface area contributed by atoms with Gasteiger partial charge >= 0.3 is 0 Å². The summed E-state index contributed by atoms with van der Waals surface area (Å²) in [4.78, 5) is 20.5. The lowest BCUT2D eigenvalue weighted by atomic mass is 10.1. The van der Waals surface area contributed by atoms with Crippen LogP contribution in [0.25, 0.3) is 10.9 Å². The lowest BCUT2D eigenvalue weighted by molar-refractivity contribution is 0.573. The average Bonchev–Trinajstić information content (AvgIpc) is 2.29. The zero-order valence-corrected chi connectivity index (χ0v) is 10.3. The number of benzene rings is 1. The number of rotatable bonds is 2. The van der Waals surface area contributed by atoms with Gasteiger partial charge in [0, 0.05) is 6.04 Å². The Bertz CT molecular complexity index is 641. The average molecular weight is 229 g/mol. The maximum Gasteiger partial charge on any atom is 0.261 e. The monoisotopic (exact) mass is 229 g/mol. The Kier molecular flexibility index (Phi) is 2.79. The summed E-state index contributed by atoms with van der Waals surface area (Å²) in [6.45, 7) is 9.30. The van der Waals surface area contributed by atoms with Crippen LogP contribution in [-0.2, 0) is 0 Å². The van der Waals surface area contributed by atoms with Crippen molar-refractivity contribution in [2.75, 3.05) is 0 Å². The van der Waals surface area contributed by atoms with E-state index in [0.717, 1.165) is 11.3 Å². The van der Waals surface area contributed by atoms with Crippen molar-refractivity contribution in [3.8, 4) is 0 Å². The van der Waals surface area contributed by atoms with Gasteiger partial charge in [0.2, 0.25) is 0 Å². The minimum Gasteiger partial charge on any atom is -0.296 e. The summed E-state index contributed by atoms with van der Waals surface area (Å²) in [6.07, 6.45) is 1.59. The highest BCUT2D eigenvalue weighted by Crippen LogP contribution is 2.23. The van der Waals surface area contributed by atoms with E-state index in [4.69, 9.17) is 0 Å². The van der Waals surface area contributed by atoms with Gasteiger partial charge in [-0.1, -0.05) is 0 Å². The molecule has 1 aromatic heterocycles. The topological polar surface area (TPSA) is 47.2 Å². The van der Waals surface area contributed by atoms with E-state index in [-0.39, 0.29) is 11.6 Å². The number of nitrogens with zero attached hydrogens (tertiary/aromatic N) is 3. The number of aryl methyl sites for hydroxylation is 1. The summed E-state index contributed by atoms with van der Waals surface area (Å²) >= 11 is 0. The van der Waals surface area contributed by atoms with Gasteiger partial charge in [-0.25, -0.2) is 4.98 Å². The molecule has 0 radical (unpaired) electrons. The molecule has 0 saturated carbocycles. The van der Waals surface area contributed by atoms with Gasteiger partial charge in [-0.3, -0.25) is 14.4 Å². The molecule has 4 heteroatoms. The Morgan fingerprint density at radius 3 is 2.71 bits per heavy atom. The highest BCUT2D eigenvalue weighted by molar-refractivity contribution is 5.85. The van der Waals surface area contributed by atoms with E-state index >= 15 is 0 Å². The molecule has 0 bridgehead atoms. The van der Waals surface area contributed by atoms with E-state index in [1.165, 1.54) is 0 Å². The van der Waals surface area contributed by atoms with Crippen LogP contribution in [0.15, 0.2) is 28.2 Å². The number of aliphatic imine (C=N–C) groups is 1. The molecule has 0 fully saturated rings. The second-order valence-electron chi connectivity index (χ2n) is 4.31. The Morgan fingerprint density at radius 2 is 2.12 bits per heavy atom. The molecule has 0 spiro atoms. The van der Waals surface area contributed by atoms with E-state index in [2.05, 4.69) is 16.7 Å². The van der Waals surface area contributed by atoms with Crippen LogP contribution in [0.4, 0.5) is 5.69 Å². The zero-order chi connectivity index (χ0) is 12.6. The van der Waals surface area contributed by atoms with Crippen molar-refractivity contribution in [2.24, 2.45) is 4.99 Å². The van der Waals surface area contributed by atoms with Crippen molar-refractivity contribution >= 4 is 23.3 Å². The smallest absolute Gasteiger partial charge is 0.261 e. The number of hydrogen-bond donors (Lipinski definition) is 0. The maximum atomic E-state index is 12.3. The predicted molar refractivity (Wildman–Crippen MR) is 70.3 cm³/mol. The fraction of sp³-hybridized carbons (Fsp3) is 0.308. The van der Waals surface area contributed by atoms with Crippen molar-refractivity contribution in [3.63, 3.8) is 0 Å². The molecule has 2 rings (SSSR count). The molecule has 0 aliphatic rings. The summed E-state index contributed by atoms with van der Waals surface area (Å²) in [5, 5.41) is 0.631. The molecular formula is C13H15N3O. The third kappa shape index (κ3) is 1.75. The van der Waals surface area contributed by atoms with Crippen LogP contribution in [0.1, 0.15) is 25.5 Å². The summed E-state index contributed by atoms with van der Waals surface area (Å²) in [7, 11) is 0. The van der Waals surface area contributed by atoms with E-state index in [0.29, 0.717) is 10.9 Å². The van der Waals surface area contributed by atoms with Crippen molar-refractivity contribution in [3.05, 3.63) is 34.4 Å². The van der Waals surface area contributed by atoms with E-state index in [9.17, 15) is 4.79 Å². The van der Waals surface area contributed by atoms with Crippen LogP contribution >= 0.6 is 0 Å². The molecule has 0 amide bonds. The van der Waals surface area contributed by atoms with Crippen LogP contribution in [0.2, 0.25) is 0 Å². The predicted octanol–water partition coefficient (Wildman–Crippen LogP) is 2.62. The lowest BCUT2D eigenvalue weighted by Crippen LogP contribution is -2.22. The van der Waals surface area contributed by atoms with Crippen molar-refractivity contribution in [2.45, 2.75) is 26.8 Å². The molecule has 88 valence electrons. The third-order valence-corrected chi connectivity index (χ3v) is 2.91. The van der Waals surface area contributed by atoms with Gasteiger partial charge in [0.1, 0.15) is 0 Å². The molecule has 17 heavy (non-hydrogen) atoms. The van der Waals surface area contributed by atoms with Gasteiger partial charge in [0.05, 0.1) is 22.9 Å². The first-order chi connectivity index (χ1) is 8.06. The SMILES string of the molecule is C=Nc1ccc2ncn(C(C)C)c(=O)c2c1C. The fourth-order valence-electron chi connectivity index (χ4n) is 1.91. The van der Waals surface area contributed by atoms with Crippen molar-refractivity contribution in [1.29, 1.82) is 0 Å². The van der Waals surface area contributed by atoms with Gasteiger partial charge in [0.15, 0.2) is 0 Å². The molecule has 0 unspecified atom stereocenters. The van der Waals surface area contributed by atoms with E-state index in [1.807, 2.05) is 26.8 Å². The van der Waals surface area contributed by atoms with Crippen LogP contribution in [-0.4, -0.2) is 16.3 Å². The molecule has 0 saturated heterocycles. The van der Waals surface area contributed by atoms with Crippen LogP contribution in [0.5, 0.6) is 0 Å². The summed E-state index contributed by atoms with van der Waals surface area (Å²) in [5.74, 6) is 0. The molecule has 2 aromatic rings. The van der Waals surface area contributed by atoms with E-state index in [1.54, 1.807) is 17.0 Å². The fourth-order valence-corrected chi connectivity index (χ4v) is 1.91. The number of fused-ring (bicyclic) bond motifs is 1. The highest BCUT2D eigenvalue weighted by atomic mass is 16.1. The molecule has 0 aliphatic carbocycles. The minimum atomic E-state index is -0.0204. The quantitative estimate of drug-likeness (QED) is 0.743. The van der Waals surface area contributed by atoms with Crippen molar-refractivity contribution < 1.29 is 0 Å². The summed E-state index contributed by atoms with van der Waals surface area (Å²) in [6, 6.07) is 3.73. The molecule has 1 heterocycles. The van der Waals surface area contributed by atoms with Gasteiger partial charge in [0.25, 0.3) is 5.56 Å². The highest BCUT2D eigenvalue weighted by Gasteiger charge is 2.10. The first-order valence-corrected chi connectivity index (χ1v) is 5.53. The van der Waals surface area contributed by atoms with Crippen LogP contribution < -0.4 is 5.56 Å². The van der Waals surface area contributed by atoms with Gasteiger partial charge < -0.3 is 0 Å². The first-order valence-electron chi connectivity index (χ1n) is 5.53. The van der Waals surface area contributed by atoms with Crippen LogP contribution in [0.3, 0.4) is 0 Å². The lowest BCUT2D eigenvalue weighted by Gasteiger charge is -2.11. The Labute approximate surface area is 99.6 Å². The first kappa shape index (κ1) is 11.5. The molecule has 0 atom stereocenters. The second-order valence-corrected chi connectivity index (χ2v) is 4.31. The standard InChI is InChI=1S/C13H15N3O/c1-8(2)16-7-15-11-6-5-10(14-4)9(3)12(11)13(16)17/h5-8H,4H2,1-3H3. The van der Waals surface area contributed by atoms with Crippen molar-refractivity contribution in [1.82, 2.24) is 9.55 Å². The third-order valence-electron chi connectivity index (χ3n) is 2.91. The largest absolute Gasteiger partial charge is 0.296 e. The molecule has 1 aromatic carbocycles. The molecule has 4 nitrogen and oxygen atoms in total. The summed E-state index contributed by atoms with van der Waals surface area (Å²) < 4.78 is 1.63. The molecular weight excluding hydrogens is 214 g/mol.